The Hall–Kier alpha value is -2.96. The smallest absolute Gasteiger partial charge is 0.259 e. The zero-order valence-electron chi connectivity index (χ0n) is 18.0. The molecule has 0 unspecified atom stereocenters. The van der Waals surface area contributed by atoms with E-state index in [-0.39, 0.29) is 5.91 Å². The van der Waals surface area contributed by atoms with Crippen LogP contribution < -0.4 is 4.74 Å². The Balaban J connectivity index is 1.19. The number of rotatable bonds is 6. The molecule has 6 nitrogen and oxygen atoms in total. The third kappa shape index (κ3) is 4.01. The van der Waals surface area contributed by atoms with Crippen molar-refractivity contribution >= 4 is 16.8 Å². The highest BCUT2D eigenvalue weighted by Crippen LogP contribution is 2.35. The molecule has 3 aromatic rings. The van der Waals surface area contributed by atoms with Gasteiger partial charge in [0.2, 0.25) is 0 Å². The molecule has 1 amide bonds. The lowest BCUT2D eigenvalue weighted by atomic mass is 10.1. The van der Waals surface area contributed by atoms with Gasteiger partial charge in [0.1, 0.15) is 11.3 Å². The first-order chi connectivity index (χ1) is 15.2. The largest absolute Gasteiger partial charge is 0.495 e. The van der Waals surface area contributed by atoms with Gasteiger partial charge in [-0.15, -0.1) is 0 Å². The fourth-order valence-corrected chi connectivity index (χ4v) is 4.64. The van der Waals surface area contributed by atoms with E-state index in [0.717, 1.165) is 55.9 Å². The lowest BCUT2D eigenvalue weighted by Crippen LogP contribution is -2.48. The van der Waals surface area contributed by atoms with E-state index in [0.29, 0.717) is 24.4 Å². The molecule has 0 bridgehead atoms. The van der Waals surface area contributed by atoms with Gasteiger partial charge in [0.25, 0.3) is 5.91 Å². The van der Waals surface area contributed by atoms with Crippen LogP contribution in [-0.4, -0.2) is 72.0 Å². The van der Waals surface area contributed by atoms with Crippen LogP contribution in [0.5, 0.6) is 5.75 Å². The van der Waals surface area contributed by atoms with Gasteiger partial charge in [0.15, 0.2) is 0 Å². The van der Waals surface area contributed by atoms with Crippen LogP contribution >= 0.6 is 0 Å². The number of carbonyl (C=O) groups is 1. The third-order valence-corrected chi connectivity index (χ3v) is 6.37. The van der Waals surface area contributed by atoms with Crippen LogP contribution in [0.2, 0.25) is 0 Å². The summed E-state index contributed by atoms with van der Waals surface area (Å²) in [6.07, 6.45) is 0. The molecular formula is C25H28N4O2. The Morgan fingerprint density at radius 1 is 0.903 bits per heavy atom. The molecule has 2 aliphatic rings. The number of carbonyl (C=O) groups excluding carboxylic acids is 1. The van der Waals surface area contributed by atoms with Gasteiger partial charge in [-0.1, -0.05) is 42.5 Å². The minimum atomic E-state index is 0.0350. The SMILES string of the molecule is COc1c2c(nc3ccccc13)CN(CCN1CCN(Cc3ccccc3)CC1)C2=O. The van der Waals surface area contributed by atoms with Crippen molar-refractivity contribution in [1.82, 2.24) is 19.7 Å². The average Bonchev–Trinajstić information content (AvgIpc) is 3.13. The number of fused-ring (bicyclic) bond motifs is 2. The van der Waals surface area contributed by atoms with Crippen LogP contribution in [0, 0.1) is 0 Å². The van der Waals surface area contributed by atoms with Gasteiger partial charge in [-0.05, 0) is 17.7 Å². The van der Waals surface area contributed by atoms with Gasteiger partial charge in [-0.2, -0.15) is 0 Å². The summed E-state index contributed by atoms with van der Waals surface area (Å²) in [5.41, 5.74) is 3.70. The Labute approximate surface area is 183 Å². The molecule has 0 aliphatic carbocycles. The second-order valence-electron chi connectivity index (χ2n) is 8.31. The van der Waals surface area contributed by atoms with E-state index in [4.69, 9.17) is 9.72 Å². The summed E-state index contributed by atoms with van der Waals surface area (Å²) in [6.45, 7) is 7.36. The summed E-state index contributed by atoms with van der Waals surface area (Å²) in [5, 5.41) is 0.897. The number of methoxy groups -OCH3 is 1. The first-order valence-electron chi connectivity index (χ1n) is 11.0. The summed E-state index contributed by atoms with van der Waals surface area (Å²) in [7, 11) is 1.63. The first kappa shape index (κ1) is 20.0. The van der Waals surface area contributed by atoms with Crippen molar-refractivity contribution in [2.24, 2.45) is 0 Å². The Kier molecular flexibility index (Phi) is 5.57. The zero-order valence-corrected chi connectivity index (χ0v) is 18.0. The van der Waals surface area contributed by atoms with E-state index in [2.05, 4.69) is 40.1 Å². The molecule has 0 N–H and O–H groups in total. The number of amides is 1. The second kappa shape index (κ2) is 8.65. The van der Waals surface area contributed by atoms with Crippen LogP contribution in [-0.2, 0) is 13.1 Å². The van der Waals surface area contributed by atoms with Crippen LogP contribution in [0.1, 0.15) is 21.6 Å². The van der Waals surface area contributed by atoms with Gasteiger partial charge in [-0.25, -0.2) is 4.98 Å². The molecule has 0 spiro atoms. The standard InChI is InChI=1S/C25H28N4O2/c1-31-24-20-9-5-6-10-21(20)26-22-18-29(25(30)23(22)24)16-15-27-11-13-28(14-12-27)17-19-7-3-2-4-8-19/h2-10H,11-18H2,1H3. The van der Waals surface area contributed by atoms with Crippen molar-refractivity contribution in [3.63, 3.8) is 0 Å². The number of piperazine rings is 1. The highest BCUT2D eigenvalue weighted by Gasteiger charge is 2.33. The summed E-state index contributed by atoms with van der Waals surface area (Å²) in [4.78, 5) is 24.7. The molecule has 2 aromatic carbocycles. The van der Waals surface area contributed by atoms with E-state index in [1.165, 1.54) is 5.56 Å². The van der Waals surface area contributed by atoms with Crippen LogP contribution in [0.3, 0.4) is 0 Å². The predicted molar refractivity (Wildman–Crippen MR) is 121 cm³/mol. The van der Waals surface area contributed by atoms with E-state index in [1.54, 1.807) is 7.11 Å². The normalized spacial score (nSPS) is 17.3. The van der Waals surface area contributed by atoms with Gasteiger partial charge in [-0.3, -0.25) is 14.6 Å². The molecule has 1 aromatic heterocycles. The summed E-state index contributed by atoms with van der Waals surface area (Å²) in [6, 6.07) is 18.5. The molecular weight excluding hydrogens is 388 g/mol. The fraction of sp³-hybridized carbons (Fsp3) is 0.360. The minimum absolute atomic E-state index is 0.0350. The van der Waals surface area contributed by atoms with Gasteiger partial charge in [0, 0.05) is 51.2 Å². The molecule has 1 fully saturated rings. The lowest BCUT2D eigenvalue weighted by molar-refractivity contribution is 0.0722. The zero-order chi connectivity index (χ0) is 21.2. The molecule has 1 saturated heterocycles. The summed E-state index contributed by atoms with van der Waals surface area (Å²) in [5.74, 6) is 0.690. The van der Waals surface area contributed by atoms with Crippen LogP contribution in [0.25, 0.3) is 10.9 Å². The maximum absolute atomic E-state index is 13.1. The average molecular weight is 417 g/mol. The molecule has 160 valence electrons. The molecule has 3 heterocycles. The Morgan fingerprint density at radius 3 is 2.39 bits per heavy atom. The molecule has 0 atom stereocenters. The quantitative estimate of drug-likeness (QED) is 0.618. The molecule has 0 saturated carbocycles. The van der Waals surface area contributed by atoms with E-state index in [1.807, 2.05) is 29.2 Å². The highest BCUT2D eigenvalue weighted by molar-refractivity contribution is 6.05. The van der Waals surface area contributed by atoms with Crippen LogP contribution in [0.4, 0.5) is 0 Å². The topological polar surface area (TPSA) is 48.9 Å². The van der Waals surface area contributed by atoms with Gasteiger partial charge < -0.3 is 9.64 Å². The molecule has 5 rings (SSSR count). The summed E-state index contributed by atoms with van der Waals surface area (Å²) >= 11 is 0. The van der Waals surface area contributed by atoms with E-state index >= 15 is 0 Å². The predicted octanol–water partition coefficient (Wildman–Crippen LogP) is 3.02. The lowest BCUT2D eigenvalue weighted by Gasteiger charge is -2.35. The molecule has 6 heteroatoms. The maximum Gasteiger partial charge on any atom is 0.259 e. The number of aromatic nitrogens is 1. The third-order valence-electron chi connectivity index (χ3n) is 6.37. The van der Waals surface area contributed by atoms with Crippen molar-refractivity contribution in [2.45, 2.75) is 13.1 Å². The number of pyridine rings is 1. The Morgan fingerprint density at radius 2 is 1.61 bits per heavy atom. The first-order valence-corrected chi connectivity index (χ1v) is 11.0. The Bertz CT molecular complexity index is 1080. The van der Waals surface area contributed by atoms with Crippen molar-refractivity contribution in [2.75, 3.05) is 46.4 Å². The fourth-order valence-electron chi connectivity index (χ4n) is 4.64. The number of hydrogen-bond acceptors (Lipinski definition) is 5. The van der Waals surface area contributed by atoms with Gasteiger partial charge in [0.05, 0.1) is 24.9 Å². The van der Waals surface area contributed by atoms with E-state index < -0.39 is 0 Å². The molecule has 2 aliphatic heterocycles. The highest BCUT2D eigenvalue weighted by atomic mass is 16.5. The maximum atomic E-state index is 13.1. The van der Waals surface area contributed by atoms with Crippen molar-refractivity contribution in [3.05, 3.63) is 71.4 Å². The van der Waals surface area contributed by atoms with Crippen LogP contribution in [0.15, 0.2) is 54.6 Å². The van der Waals surface area contributed by atoms with Crippen molar-refractivity contribution < 1.29 is 9.53 Å². The number of hydrogen-bond donors (Lipinski definition) is 0. The van der Waals surface area contributed by atoms with Gasteiger partial charge >= 0.3 is 0 Å². The molecule has 31 heavy (non-hydrogen) atoms. The monoisotopic (exact) mass is 416 g/mol. The number of para-hydroxylation sites is 1. The van der Waals surface area contributed by atoms with Crippen molar-refractivity contribution in [1.29, 1.82) is 0 Å². The second-order valence-corrected chi connectivity index (χ2v) is 8.31. The number of ether oxygens (including phenoxy) is 1. The molecule has 0 radical (unpaired) electrons. The number of nitrogens with zero attached hydrogens (tertiary/aromatic N) is 4. The number of benzene rings is 2. The minimum Gasteiger partial charge on any atom is -0.495 e. The van der Waals surface area contributed by atoms with E-state index in [9.17, 15) is 4.79 Å². The van der Waals surface area contributed by atoms with Crippen molar-refractivity contribution in [3.8, 4) is 5.75 Å². The summed E-state index contributed by atoms with van der Waals surface area (Å²) < 4.78 is 5.64.